The van der Waals surface area contributed by atoms with Crippen LogP contribution in [0.3, 0.4) is 0 Å². The first kappa shape index (κ1) is 13.7. The molecular formula is C15H16FNOS. The molecule has 1 aromatic heterocycles. The fourth-order valence-corrected chi connectivity index (χ4v) is 2.77. The molecule has 1 aromatic carbocycles. The predicted molar refractivity (Wildman–Crippen MR) is 76.0 cm³/mol. The maximum Gasteiger partial charge on any atom is 0.264 e. The third kappa shape index (κ3) is 2.84. The summed E-state index contributed by atoms with van der Waals surface area (Å²) in [7, 11) is 1.70. The highest BCUT2D eigenvalue weighted by molar-refractivity contribution is 7.13. The number of hydrogen-bond donors (Lipinski definition) is 0. The molecule has 2 nitrogen and oxygen atoms in total. The highest BCUT2D eigenvalue weighted by atomic mass is 32.1. The summed E-state index contributed by atoms with van der Waals surface area (Å²) in [5.41, 5.74) is 0.534. The maximum absolute atomic E-state index is 13.7. The quantitative estimate of drug-likeness (QED) is 0.829. The molecule has 1 amide bonds. The first-order valence-electron chi connectivity index (χ1n) is 6.08. The van der Waals surface area contributed by atoms with E-state index in [0.29, 0.717) is 10.4 Å². The second-order valence-electron chi connectivity index (χ2n) is 4.52. The molecule has 4 heteroatoms. The van der Waals surface area contributed by atoms with Crippen LogP contribution in [0.2, 0.25) is 0 Å². The van der Waals surface area contributed by atoms with E-state index in [-0.39, 0.29) is 17.8 Å². The van der Waals surface area contributed by atoms with Gasteiger partial charge in [0, 0.05) is 17.5 Å². The topological polar surface area (TPSA) is 20.3 Å². The number of carbonyl (C=O) groups is 1. The number of nitrogens with zero attached hydrogens (tertiary/aromatic N) is 1. The van der Waals surface area contributed by atoms with Crippen molar-refractivity contribution in [3.63, 3.8) is 0 Å². The third-order valence-electron chi connectivity index (χ3n) is 3.21. The number of aryl methyl sites for hydroxylation is 1. The Morgan fingerprint density at radius 1 is 1.26 bits per heavy atom. The molecule has 19 heavy (non-hydrogen) atoms. The average Bonchev–Trinajstić information content (AvgIpc) is 2.83. The van der Waals surface area contributed by atoms with Crippen molar-refractivity contribution in [3.8, 4) is 0 Å². The lowest BCUT2D eigenvalue weighted by molar-refractivity contribution is 0.0745. The van der Waals surface area contributed by atoms with Crippen molar-refractivity contribution >= 4 is 17.2 Å². The van der Waals surface area contributed by atoms with Gasteiger partial charge in [-0.25, -0.2) is 4.39 Å². The van der Waals surface area contributed by atoms with E-state index in [2.05, 4.69) is 0 Å². The lowest BCUT2D eigenvalue weighted by Crippen LogP contribution is -2.29. The molecule has 1 heterocycles. The summed E-state index contributed by atoms with van der Waals surface area (Å²) in [6.45, 7) is 3.79. The van der Waals surface area contributed by atoms with Gasteiger partial charge in [0.25, 0.3) is 5.91 Å². The zero-order valence-corrected chi connectivity index (χ0v) is 12.0. The van der Waals surface area contributed by atoms with Crippen LogP contribution in [0, 0.1) is 12.7 Å². The van der Waals surface area contributed by atoms with Crippen LogP contribution in [0.25, 0.3) is 0 Å². The molecular weight excluding hydrogens is 261 g/mol. The number of halogens is 1. The molecule has 100 valence electrons. The molecule has 0 spiro atoms. The van der Waals surface area contributed by atoms with E-state index < -0.39 is 0 Å². The molecule has 0 N–H and O–H groups in total. The van der Waals surface area contributed by atoms with E-state index in [4.69, 9.17) is 0 Å². The first-order chi connectivity index (χ1) is 9.00. The SMILES string of the molecule is Cc1ccc(C(=O)N(C)C(C)c2ccccc2F)s1. The number of thiophene rings is 1. The summed E-state index contributed by atoms with van der Waals surface area (Å²) >= 11 is 1.46. The number of carbonyl (C=O) groups excluding carboxylic acids is 1. The van der Waals surface area contributed by atoms with E-state index in [0.717, 1.165) is 4.88 Å². The van der Waals surface area contributed by atoms with Crippen LogP contribution in [0.1, 0.15) is 33.1 Å². The molecule has 0 aliphatic carbocycles. The third-order valence-corrected chi connectivity index (χ3v) is 4.20. The molecule has 0 saturated heterocycles. The van der Waals surface area contributed by atoms with Gasteiger partial charge in [-0.15, -0.1) is 11.3 Å². The Balaban J connectivity index is 2.22. The highest BCUT2D eigenvalue weighted by Gasteiger charge is 2.21. The van der Waals surface area contributed by atoms with Gasteiger partial charge < -0.3 is 4.90 Å². The van der Waals surface area contributed by atoms with Crippen molar-refractivity contribution in [2.75, 3.05) is 7.05 Å². The second-order valence-corrected chi connectivity index (χ2v) is 5.81. The maximum atomic E-state index is 13.7. The fourth-order valence-electron chi connectivity index (χ4n) is 1.92. The summed E-state index contributed by atoms with van der Waals surface area (Å²) in [6, 6.07) is 9.99. The highest BCUT2D eigenvalue weighted by Crippen LogP contribution is 2.25. The Kier molecular flexibility index (Phi) is 4.00. The lowest BCUT2D eigenvalue weighted by Gasteiger charge is -2.25. The smallest absolute Gasteiger partial charge is 0.264 e. The van der Waals surface area contributed by atoms with Gasteiger partial charge in [0.2, 0.25) is 0 Å². The minimum atomic E-state index is -0.295. The summed E-state index contributed by atoms with van der Waals surface area (Å²) in [6.07, 6.45) is 0. The Hall–Kier alpha value is -1.68. The molecule has 0 aliphatic rings. The Morgan fingerprint density at radius 2 is 1.95 bits per heavy atom. The van der Waals surface area contributed by atoms with Gasteiger partial charge in [-0.2, -0.15) is 0 Å². The van der Waals surface area contributed by atoms with E-state index >= 15 is 0 Å². The molecule has 1 atom stereocenters. The van der Waals surface area contributed by atoms with Crippen LogP contribution in [0.15, 0.2) is 36.4 Å². The summed E-state index contributed by atoms with van der Waals surface area (Å²) < 4.78 is 13.7. The fraction of sp³-hybridized carbons (Fsp3) is 0.267. The van der Waals surface area contributed by atoms with Crippen molar-refractivity contribution in [1.82, 2.24) is 4.90 Å². The van der Waals surface area contributed by atoms with Crippen molar-refractivity contribution in [2.24, 2.45) is 0 Å². The van der Waals surface area contributed by atoms with E-state index in [9.17, 15) is 9.18 Å². The number of rotatable bonds is 3. The minimum Gasteiger partial charge on any atom is -0.334 e. The van der Waals surface area contributed by atoms with E-state index in [1.807, 2.05) is 26.0 Å². The van der Waals surface area contributed by atoms with Crippen LogP contribution in [-0.4, -0.2) is 17.9 Å². The molecule has 2 aromatic rings. The van der Waals surface area contributed by atoms with Crippen molar-refractivity contribution in [1.29, 1.82) is 0 Å². The second kappa shape index (κ2) is 5.53. The summed E-state index contributed by atoms with van der Waals surface area (Å²) in [4.78, 5) is 15.6. The van der Waals surface area contributed by atoms with Gasteiger partial charge in [-0.05, 0) is 32.0 Å². The number of amides is 1. The van der Waals surface area contributed by atoms with E-state index in [1.54, 1.807) is 30.1 Å². The molecule has 0 bridgehead atoms. The molecule has 0 radical (unpaired) electrons. The number of benzene rings is 1. The van der Waals surface area contributed by atoms with Crippen LogP contribution in [0.4, 0.5) is 4.39 Å². The largest absolute Gasteiger partial charge is 0.334 e. The lowest BCUT2D eigenvalue weighted by atomic mass is 10.1. The van der Waals surface area contributed by atoms with Gasteiger partial charge in [0.1, 0.15) is 5.82 Å². The molecule has 2 rings (SSSR count). The van der Waals surface area contributed by atoms with Crippen LogP contribution in [0.5, 0.6) is 0 Å². The Morgan fingerprint density at radius 3 is 2.53 bits per heavy atom. The minimum absolute atomic E-state index is 0.0751. The average molecular weight is 277 g/mol. The molecule has 1 unspecified atom stereocenters. The zero-order valence-electron chi connectivity index (χ0n) is 11.2. The van der Waals surface area contributed by atoms with Crippen molar-refractivity contribution < 1.29 is 9.18 Å². The van der Waals surface area contributed by atoms with Gasteiger partial charge in [-0.1, -0.05) is 18.2 Å². The number of hydrogen-bond acceptors (Lipinski definition) is 2. The van der Waals surface area contributed by atoms with Crippen LogP contribution < -0.4 is 0 Å². The van der Waals surface area contributed by atoms with Crippen LogP contribution in [-0.2, 0) is 0 Å². The normalized spacial score (nSPS) is 12.2. The monoisotopic (exact) mass is 277 g/mol. The van der Waals surface area contributed by atoms with Crippen LogP contribution >= 0.6 is 11.3 Å². The molecule has 0 fully saturated rings. The predicted octanol–water partition coefficient (Wildman–Crippen LogP) is 4.03. The Bertz CT molecular complexity index is 593. The molecule has 0 saturated carbocycles. The van der Waals surface area contributed by atoms with Gasteiger partial charge in [0.15, 0.2) is 0 Å². The molecule has 0 aliphatic heterocycles. The van der Waals surface area contributed by atoms with Gasteiger partial charge >= 0.3 is 0 Å². The van der Waals surface area contributed by atoms with E-state index in [1.165, 1.54) is 17.4 Å². The zero-order chi connectivity index (χ0) is 14.0. The standard InChI is InChI=1S/C15H16FNOS/c1-10-8-9-14(19-10)15(18)17(3)11(2)12-6-4-5-7-13(12)16/h4-9,11H,1-3H3. The summed E-state index contributed by atoms with van der Waals surface area (Å²) in [5.74, 6) is -0.356. The van der Waals surface area contributed by atoms with Gasteiger partial charge in [0.05, 0.1) is 10.9 Å². The van der Waals surface area contributed by atoms with Gasteiger partial charge in [-0.3, -0.25) is 4.79 Å². The van der Waals surface area contributed by atoms with Crippen molar-refractivity contribution in [2.45, 2.75) is 19.9 Å². The summed E-state index contributed by atoms with van der Waals surface area (Å²) in [5, 5.41) is 0. The first-order valence-corrected chi connectivity index (χ1v) is 6.90. The van der Waals surface area contributed by atoms with Crippen molar-refractivity contribution in [3.05, 3.63) is 57.5 Å². The Labute approximate surface area is 116 Å².